The predicted molar refractivity (Wildman–Crippen MR) is 135 cm³/mol. The first-order valence-electron chi connectivity index (χ1n) is 11.5. The molecule has 6 heterocycles. The Morgan fingerprint density at radius 1 is 1.26 bits per heavy atom. The van der Waals surface area contributed by atoms with Crippen LogP contribution in [0, 0.1) is 5.41 Å². The van der Waals surface area contributed by atoms with Gasteiger partial charge in [-0.3, -0.25) is 19.5 Å². The number of aromatic nitrogens is 5. The Hall–Kier alpha value is -4.04. The van der Waals surface area contributed by atoms with E-state index in [-0.39, 0.29) is 28.8 Å². The van der Waals surface area contributed by atoms with Gasteiger partial charge in [0.25, 0.3) is 5.56 Å². The third-order valence-corrected chi connectivity index (χ3v) is 7.23. The molecule has 1 aliphatic heterocycles. The van der Waals surface area contributed by atoms with E-state index in [9.17, 15) is 22.8 Å². The second kappa shape index (κ2) is 8.49. The van der Waals surface area contributed by atoms with Gasteiger partial charge in [-0.25, -0.2) is 9.50 Å². The van der Waals surface area contributed by atoms with Crippen LogP contribution in [0.15, 0.2) is 41.6 Å². The summed E-state index contributed by atoms with van der Waals surface area (Å²) in [6.45, 7) is 6.25. The number of likely N-dealkylation sites (tertiary alicyclic amines) is 1. The SMILES string of the molecule is CC1(C)CN(CC(=O)Nc2cnc3c(c2)[nH]c(=O)c2c3nn3cc(-c4cccnc4OC(F)(F)F)sc23)C1. The predicted octanol–water partition coefficient (Wildman–Crippen LogP) is 4.03. The summed E-state index contributed by atoms with van der Waals surface area (Å²) in [5.41, 5.74) is 1.47. The minimum absolute atomic E-state index is 0.117. The maximum absolute atomic E-state index is 13.0. The number of hydrogen-bond acceptors (Lipinski definition) is 8. The molecule has 6 rings (SSSR count). The van der Waals surface area contributed by atoms with E-state index in [1.165, 1.54) is 35.2 Å². The average Bonchev–Trinajstić information content (AvgIpc) is 3.35. The van der Waals surface area contributed by atoms with E-state index >= 15 is 0 Å². The molecule has 0 radical (unpaired) electrons. The molecule has 1 saturated heterocycles. The van der Waals surface area contributed by atoms with Crippen LogP contribution in [0.25, 0.3) is 37.2 Å². The summed E-state index contributed by atoms with van der Waals surface area (Å²) in [5, 5.41) is 7.54. The van der Waals surface area contributed by atoms with Crippen molar-refractivity contribution in [3.63, 3.8) is 0 Å². The van der Waals surface area contributed by atoms with E-state index < -0.39 is 17.8 Å². The fourth-order valence-electron chi connectivity index (χ4n) is 4.79. The van der Waals surface area contributed by atoms with Crippen LogP contribution in [-0.2, 0) is 4.79 Å². The molecule has 14 heteroatoms. The number of nitrogens with zero attached hydrogens (tertiary/aromatic N) is 5. The molecule has 0 spiro atoms. The molecule has 0 atom stereocenters. The lowest BCUT2D eigenvalue weighted by Crippen LogP contribution is -2.54. The topological polar surface area (TPSA) is 118 Å². The Morgan fingerprint density at radius 2 is 2.05 bits per heavy atom. The first-order valence-corrected chi connectivity index (χ1v) is 12.3. The van der Waals surface area contributed by atoms with E-state index in [1.807, 2.05) is 4.90 Å². The molecular weight excluding hydrogens is 523 g/mol. The Labute approximate surface area is 216 Å². The first kappa shape index (κ1) is 24.3. The van der Waals surface area contributed by atoms with E-state index in [1.54, 1.807) is 6.07 Å². The minimum Gasteiger partial charge on any atom is -0.387 e. The molecule has 0 saturated carbocycles. The summed E-state index contributed by atoms with van der Waals surface area (Å²) in [6.07, 6.45) is -0.701. The van der Waals surface area contributed by atoms with Crippen LogP contribution in [0.4, 0.5) is 18.9 Å². The molecule has 196 valence electrons. The third-order valence-electron chi connectivity index (χ3n) is 6.10. The van der Waals surface area contributed by atoms with Crippen LogP contribution >= 0.6 is 11.3 Å². The fourth-order valence-corrected chi connectivity index (χ4v) is 5.90. The van der Waals surface area contributed by atoms with E-state index in [0.717, 1.165) is 24.4 Å². The summed E-state index contributed by atoms with van der Waals surface area (Å²) in [6, 6.07) is 4.56. The number of anilines is 1. The van der Waals surface area contributed by atoms with Gasteiger partial charge in [0.2, 0.25) is 11.8 Å². The molecule has 10 nitrogen and oxygen atoms in total. The number of aromatic amines is 1. The van der Waals surface area contributed by atoms with Crippen LogP contribution in [0.2, 0.25) is 0 Å². The number of fused-ring (bicyclic) bond motifs is 5. The van der Waals surface area contributed by atoms with Crippen molar-refractivity contribution >= 4 is 49.7 Å². The fraction of sp³-hybridized carbons (Fsp3) is 0.292. The normalized spacial score (nSPS) is 15.7. The quantitative estimate of drug-likeness (QED) is 0.344. The lowest BCUT2D eigenvalue weighted by atomic mass is 9.84. The second-order valence-electron chi connectivity index (χ2n) is 9.90. The Bertz CT molecular complexity index is 1780. The number of halogens is 3. The Morgan fingerprint density at radius 3 is 2.79 bits per heavy atom. The number of nitrogens with one attached hydrogen (secondary N) is 2. The summed E-state index contributed by atoms with van der Waals surface area (Å²) in [7, 11) is 0. The highest BCUT2D eigenvalue weighted by Crippen LogP contribution is 2.38. The van der Waals surface area contributed by atoms with Gasteiger partial charge < -0.3 is 15.0 Å². The number of hydrogen-bond donors (Lipinski definition) is 2. The van der Waals surface area contributed by atoms with E-state index in [4.69, 9.17) is 0 Å². The Kier molecular flexibility index (Phi) is 5.43. The third kappa shape index (κ3) is 4.45. The van der Waals surface area contributed by atoms with Crippen molar-refractivity contribution in [2.45, 2.75) is 20.2 Å². The molecule has 5 aromatic rings. The number of ether oxygens (including phenoxy) is 1. The Balaban J connectivity index is 1.33. The maximum Gasteiger partial charge on any atom is 0.574 e. The number of alkyl halides is 3. The number of H-pyrrole nitrogens is 1. The monoisotopic (exact) mass is 543 g/mol. The van der Waals surface area contributed by atoms with Gasteiger partial charge in [0.15, 0.2) is 0 Å². The van der Waals surface area contributed by atoms with Gasteiger partial charge in [-0.15, -0.1) is 24.5 Å². The molecule has 0 unspecified atom stereocenters. The van der Waals surface area contributed by atoms with Crippen LogP contribution in [0.1, 0.15) is 13.8 Å². The molecule has 0 aliphatic carbocycles. The van der Waals surface area contributed by atoms with E-state index in [2.05, 4.69) is 44.0 Å². The zero-order valence-corrected chi connectivity index (χ0v) is 20.9. The summed E-state index contributed by atoms with van der Waals surface area (Å²) >= 11 is 1.08. The summed E-state index contributed by atoms with van der Waals surface area (Å²) in [5.74, 6) is -0.772. The molecule has 1 amide bonds. The van der Waals surface area contributed by atoms with Gasteiger partial charge in [-0.1, -0.05) is 13.8 Å². The molecule has 38 heavy (non-hydrogen) atoms. The lowest BCUT2D eigenvalue weighted by Gasteiger charge is -2.45. The van der Waals surface area contributed by atoms with Crippen molar-refractivity contribution in [1.29, 1.82) is 0 Å². The number of carbonyl (C=O) groups is 1. The highest BCUT2D eigenvalue weighted by Gasteiger charge is 2.35. The van der Waals surface area contributed by atoms with Crippen molar-refractivity contribution in [3.05, 3.63) is 47.1 Å². The van der Waals surface area contributed by atoms with Gasteiger partial charge in [0.05, 0.1) is 34.4 Å². The van der Waals surface area contributed by atoms with Crippen LogP contribution in [0.3, 0.4) is 0 Å². The number of thiazole rings is 1. The lowest BCUT2D eigenvalue weighted by molar-refractivity contribution is -0.275. The average molecular weight is 544 g/mol. The van der Waals surface area contributed by atoms with Crippen molar-refractivity contribution in [2.75, 3.05) is 25.0 Å². The number of carbonyl (C=O) groups excluding carboxylic acids is 1. The van der Waals surface area contributed by atoms with Crippen molar-refractivity contribution < 1.29 is 22.7 Å². The number of rotatable bonds is 5. The van der Waals surface area contributed by atoms with Crippen molar-refractivity contribution in [1.82, 2.24) is 29.5 Å². The summed E-state index contributed by atoms with van der Waals surface area (Å²) in [4.78, 5) is 39.2. The van der Waals surface area contributed by atoms with Crippen LogP contribution in [-0.4, -0.2) is 61.4 Å². The van der Waals surface area contributed by atoms with Gasteiger partial charge in [-0.05, 0) is 23.6 Å². The molecule has 2 N–H and O–H groups in total. The molecule has 0 bridgehead atoms. The zero-order valence-electron chi connectivity index (χ0n) is 20.1. The molecule has 0 aromatic carbocycles. The van der Waals surface area contributed by atoms with Gasteiger partial charge in [0.1, 0.15) is 21.3 Å². The summed E-state index contributed by atoms with van der Waals surface area (Å²) < 4.78 is 44.0. The number of pyridine rings is 3. The zero-order chi connectivity index (χ0) is 26.8. The first-order chi connectivity index (χ1) is 18.0. The van der Waals surface area contributed by atoms with Crippen LogP contribution in [0.5, 0.6) is 5.88 Å². The van der Waals surface area contributed by atoms with E-state index in [0.29, 0.717) is 31.9 Å². The molecular formula is C24H20F3N7O3S. The van der Waals surface area contributed by atoms with Gasteiger partial charge >= 0.3 is 6.36 Å². The van der Waals surface area contributed by atoms with Crippen LogP contribution < -0.4 is 15.6 Å². The van der Waals surface area contributed by atoms with Crippen molar-refractivity contribution in [3.8, 4) is 16.3 Å². The van der Waals surface area contributed by atoms with Crippen molar-refractivity contribution in [2.24, 2.45) is 5.41 Å². The smallest absolute Gasteiger partial charge is 0.387 e. The van der Waals surface area contributed by atoms with Gasteiger partial charge in [-0.2, -0.15) is 5.10 Å². The number of amides is 1. The highest BCUT2D eigenvalue weighted by molar-refractivity contribution is 7.21. The second-order valence-corrected chi connectivity index (χ2v) is 10.9. The molecule has 1 aliphatic rings. The maximum atomic E-state index is 13.0. The molecule has 1 fully saturated rings. The highest BCUT2D eigenvalue weighted by atomic mass is 32.1. The largest absolute Gasteiger partial charge is 0.574 e. The minimum atomic E-state index is -4.90. The van der Waals surface area contributed by atoms with Gasteiger partial charge in [0, 0.05) is 25.5 Å². The standard InChI is InChI=1S/C24H20F3N7O3S/c1-23(2)10-33(11-23)9-16(35)30-12-6-14-18(29-7-12)19-17(20(36)31-14)22-34(32-19)8-15(38-22)13-4-3-5-28-21(13)37-24(25,26)27/h3-8H,9-11H2,1-2H3,(H,30,35)(H,31,36). The molecule has 5 aromatic heterocycles.